The van der Waals surface area contributed by atoms with Gasteiger partial charge in [-0.15, -0.1) is 0 Å². The van der Waals surface area contributed by atoms with Crippen molar-refractivity contribution in [2.75, 3.05) is 13.1 Å². The van der Waals surface area contributed by atoms with E-state index in [1.807, 2.05) is 0 Å². The van der Waals surface area contributed by atoms with Crippen molar-refractivity contribution in [3.8, 4) is 0 Å². The summed E-state index contributed by atoms with van der Waals surface area (Å²) in [6.45, 7) is 6.28. The summed E-state index contributed by atoms with van der Waals surface area (Å²) in [4.78, 5) is 14.7. The first-order valence-corrected chi connectivity index (χ1v) is 7.26. The third-order valence-electron chi connectivity index (χ3n) is 4.39. The fraction of sp³-hybridized carbons (Fsp3) is 0.929. The molecular formula is C14H26N2O. The van der Waals surface area contributed by atoms with Gasteiger partial charge in [-0.3, -0.25) is 4.79 Å². The van der Waals surface area contributed by atoms with E-state index < -0.39 is 0 Å². The van der Waals surface area contributed by atoms with Crippen LogP contribution in [0.25, 0.3) is 0 Å². The van der Waals surface area contributed by atoms with E-state index >= 15 is 0 Å². The summed E-state index contributed by atoms with van der Waals surface area (Å²) in [7, 11) is 0. The van der Waals surface area contributed by atoms with Gasteiger partial charge in [-0.1, -0.05) is 6.92 Å². The molecule has 2 rings (SSSR count). The molecule has 98 valence electrons. The highest BCUT2D eigenvalue weighted by Crippen LogP contribution is 2.24. The Bertz CT molecular complexity index is 259. The quantitative estimate of drug-likeness (QED) is 0.799. The summed E-state index contributed by atoms with van der Waals surface area (Å²) < 4.78 is 0. The van der Waals surface area contributed by atoms with E-state index in [0.717, 1.165) is 32.4 Å². The van der Waals surface area contributed by atoms with E-state index in [2.05, 4.69) is 24.1 Å². The van der Waals surface area contributed by atoms with E-state index in [4.69, 9.17) is 0 Å². The molecule has 2 aliphatic rings. The number of nitrogens with one attached hydrogen (secondary N) is 1. The average Bonchev–Trinajstić information content (AvgIpc) is 2.39. The Balaban J connectivity index is 1.93. The number of piperidine rings is 2. The maximum absolute atomic E-state index is 12.5. The number of amides is 1. The summed E-state index contributed by atoms with van der Waals surface area (Å²) in [5.41, 5.74) is 0. The Hall–Kier alpha value is -0.570. The maximum atomic E-state index is 12.5. The Morgan fingerprint density at radius 1 is 1.29 bits per heavy atom. The molecule has 1 N–H and O–H groups in total. The van der Waals surface area contributed by atoms with Gasteiger partial charge in [0.25, 0.3) is 0 Å². The van der Waals surface area contributed by atoms with Gasteiger partial charge in [0.05, 0.1) is 5.92 Å². The number of hydrogen-bond acceptors (Lipinski definition) is 2. The van der Waals surface area contributed by atoms with Gasteiger partial charge in [0, 0.05) is 25.2 Å². The van der Waals surface area contributed by atoms with Crippen LogP contribution in [0, 0.1) is 5.92 Å². The van der Waals surface area contributed by atoms with Crippen LogP contribution in [-0.2, 0) is 4.79 Å². The first-order valence-electron chi connectivity index (χ1n) is 7.26. The lowest BCUT2D eigenvalue weighted by Gasteiger charge is -2.39. The largest absolute Gasteiger partial charge is 0.339 e. The third-order valence-corrected chi connectivity index (χ3v) is 4.39. The Morgan fingerprint density at radius 3 is 2.76 bits per heavy atom. The molecule has 2 saturated heterocycles. The van der Waals surface area contributed by atoms with Crippen LogP contribution in [-0.4, -0.2) is 36.0 Å². The second-order valence-corrected chi connectivity index (χ2v) is 5.67. The van der Waals surface area contributed by atoms with Gasteiger partial charge in [-0.05, 0) is 45.4 Å². The fourth-order valence-electron chi connectivity index (χ4n) is 3.16. The minimum atomic E-state index is 0.235. The highest BCUT2D eigenvalue weighted by Gasteiger charge is 2.32. The molecule has 2 fully saturated rings. The fourth-order valence-corrected chi connectivity index (χ4v) is 3.16. The van der Waals surface area contributed by atoms with Gasteiger partial charge in [0.15, 0.2) is 0 Å². The minimum Gasteiger partial charge on any atom is -0.339 e. The summed E-state index contributed by atoms with van der Waals surface area (Å²) >= 11 is 0. The molecule has 17 heavy (non-hydrogen) atoms. The molecule has 3 heteroatoms. The zero-order valence-electron chi connectivity index (χ0n) is 11.2. The van der Waals surface area contributed by atoms with Crippen LogP contribution in [0.4, 0.5) is 0 Å². The van der Waals surface area contributed by atoms with E-state index in [9.17, 15) is 4.79 Å². The number of likely N-dealkylation sites (tertiary alicyclic amines) is 1. The molecule has 0 aromatic heterocycles. The zero-order chi connectivity index (χ0) is 12.3. The molecule has 3 atom stereocenters. The summed E-state index contributed by atoms with van der Waals surface area (Å²) in [5.74, 6) is 0.648. The van der Waals surface area contributed by atoms with Crippen LogP contribution in [0.3, 0.4) is 0 Å². The highest BCUT2D eigenvalue weighted by molar-refractivity contribution is 5.79. The number of carbonyl (C=O) groups is 1. The number of nitrogens with zero attached hydrogens (tertiary/aromatic N) is 1. The SMILES string of the molecule is CCC1CCCCN1C(=O)C1CCC(C)NC1. The number of hydrogen-bond donors (Lipinski definition) is 1. The molecule has 0 radical (unpaired) electrons. The lowest BCUT2D eigenvalue weighted by atomic mass is 9.91. The first kappa shape index (κ1) is 12.9. The van der Waals surface area contributed by atoms with Gasteiger partial charge in [-0.2, -0.15) is 0 Å². The van der Waals surface area contributed by atoms with E-state index in [0.29, 0.717) is 18.0 Å². The van der Waals surface area contributed by atoms with Gasteiger partial charge in [0.1, 0.15) is 0 Å². The van der Waals surface area contributed by atoms with E-state index in [-0.39, 0.29) is 5.92 Å². The topological polar surface area (TPSA) is 32.3 Å². The van der Waals surface area contributed by atoms with E-state index in [1.165, 1.54) is 19.3 Å². The van der Waals surface area contributed by atoms with Crippen molar-refractivity contribution in [2.24, 2.45) is 5.92 Å². The van der Waals surface area contributed by atoms with Crippen molar-refractivity contribution < 1.29 is 4.79 Å². The summed E-state index contributed by atoms with van der Waals surface area (Å²) in [6.07, 6.45) is 7.02. The van der Waals surface area contributed by atoms with Crippen LogP contribution in [0.15, 0.2) is 0 Å². The van der Waals surface area contributed by atoms with Gasteiger partial charge >= 0.3 is 0 Å². The smallest absolute Gasteiger partial charge is 0.227 e. The molecule has 0 spiro atoms. The molecule has 2 aliphatic heterocycles. The molecule has 2 heterocycles. The predicted molar refractivity (Wildman–Crippen MR) is 69.8 cm³/mol. The van der Waals surface area contributed by atoms with Gasteiger partial charge < -0.3 is 10.2 Å². The Morgan fingerprint density at radius 2 is 2.12 bits per heavy atom. The molecule has 0 aliphatic carbocycles. The number of rotatable bonds is 2. The van der Waals surface area contributed by atoms with Crippen LogP contribution in [0.1, 0.15) is 52.4 Å². The van der Waals surface area contributed by atoms with Crippen molar-refractivity contribution >= 4 is 5.91 Å². The lowest BCUT2D eigenvalue weighted by molar-refractivity contribution is -0.140. The van der Waals surface area contributed by atoms with Crippen molar-refractivity contribution in [1.82, 2.24) is 10.2 Å². The van der Waals surface area contributed by atoms with Crippen molar-refractivity contribution in [3.63, 3.8) is 0 Å². The van der Waals surface area contributed by atoms with Crippen LogP contribution >= 0.6 is 0 Å². The molecule has 3 unspecified atom stereocenters. The van der Waals surface area contributed by atoms with Crippen LogP contribution in [0.2, 0.25) is 0 Å². The highest BCUT2D eigenvalue weighted by atomic mass is 16.2. The van der Waals surface area contributed by atoms with E-state index in [1.54, 1.807) is 0 Å². The molecule has 0 bridgehead atoms. The molecule has 0 saturated carbocycles. The molecular weight excluding hydrogens is 212 g/mol. The second kappa shape index (κ2) is 5.85. The van der Waals surface area contributed by atoms with Crippen molar-refractivity contribution in [1.29, 1.82) is 0 Å². The molecule has 1 amide bonds. The Kier molecular flexibility index (Phi) is 4.43. The zero-order valence-corrected chi connectivity index (χ0v) is 11.2. The summed E-state index contributed by atoms with van der Waals surface area (Å²) in [6, 6.07) is 1.10. The van der Waals surface area contributed by atoms with Gasteiger partial charge in [-0.25, -0.2) is 0 Å². The maximum Gasteiger partial charge on any atom is 0.227 e. The second-order valence-electron chi connectivity index (χ2n) is 5.67. The van der Waals surface area contributed by atoms with Gasteiger partial charge in [0.2, 0.25) is 5.91 Å². The predicted octanol–water partition coefficient (Wildman–Crippen LogP) is 2.17. The molecule has 0 aromatic carbocycles. The summed E-state index contributed by atoms with van der Waals surface area (Å²) in [5, 5.41) is 3.44. The monoisotopic (exact) mass is 238 g/mol. The molecule has 3 nitrogen and oxygen atoms in total. The minimum absolute atomic E-state index is 0.235. The van der Waals surface area contributed by atoms with Crippen LogP contribution < -0.4 is 5.32 Å². The first-order chi connectivity index (χ1) is 8.22. The Labute approximate surface area is 105 Å². The average molecular weight is 238 g/mol. The third kappa shape index (κ3) is 3.01. The van der Waals surface area contributed by atoms with Crippen molar-refractivity contribution in [3.05, 3.63) is 0 Å². The lowest BCUT2D eigenvalue weighted by Crippen LogP contribution is -2.50. The normalized spacial score (nSPS) is 34.7. The van der Waals surface area contributed by atoms with Crippen molar-refractivity contribution in [2.45, 2.75) is 64.5 Å². The standard InChI is InChI=1S/C14H26N2O/c1-3-13-6-4-5-9-16(13)14(17)12-8-7-11(2)15-10-12/h11-13,15H,3-10H2,1-2H3. The van der Waals surface area contributed by atoms with Crippen LogP contribution in [0.5, 0.6) is 0 Å². The number of carbonyl (C=O) groups excluding carboxylic acids is 1. The molecule has 0 aromatic rings.